The van der Waals surface area contributed by atoms with Gasteiger partial charge in [0.15, 0.2) is 11.5 Å². The molecule has 2 rings (SSSR count). The van der Waals surface area contributed by atoms with Gasteiger partial charge in [-0.15, -0.1) is 0 Å². The minimum atomic E-state index is -5.15. The third-order valence-corrected chi connectivity index (χ3v) is 3.40. The quantitative estimate of drug-likeness (QED) is 0.830. The maximum absolute atomic E-state index is 13.2. The number of amides is 1. The van der Waals surface area contributed by atoms with Crippen molar-refractivity contribution in [1.82, 2.24) is 5.01 Å². The van der Waals surface area contributed by atoms with Crippen LogP contribution >= 0.6 is 0 Å². The van der Waals surface area contributed by atoms with Crippen LogP contribution in [0.5, 0.6) is 11.5 Å². The zero-order chi connectivity index (χ0) is 19.0. The maximum atomic E-state index is 13.2. The lowest BCUT2D eigenvalue weighted by Crippen LogP contribution is -2.56. The summed E-state index contributed by atoms with van der Waals surface area (Å²) in [4.78, 5) is 12.4. The molecule has 0 aromatic heterocycles. The van der Waals surface area contributed by atoms with E-state index in [-0.39, 0.29) is 22.0 Å². The van der Waals surface area contributed by atoms with E-state index in [2.05, 4.69) is 9.84 Å². The molecule has 1 aliphatic rings. The Hall–Kier alpha value is -2.43. The van der Waals surface area contributed by atoms with Crippen LogP contribution in [0.25, 0.3) is 0 Å². The van der Waals surface area contributed by atoms with Gasteiger partial charge in [0.2, 0.25) is 0 Å². The van der Waals surface area contributed by atoms with E-state index in [4.69, 9.17) is 4.74 Å². The number of alkyl halides is 5. The monoisotopic (exact) mass is 368 g/mol. The zero-order valence-corrected chi connectivity index (χ0v) is 13.0. The number of hydrazone groups is 1. The van der Waals surface area contributed by atoms with Crippen LogP contribution in [0.2, 0.25) is 0 Å². The number of ether oxygens (including phenoxy) is 2. The van der Waals surface area contributed by atoms with Gasteiger partial charge in [-0.1, -0.05) is 0 Å². The van der Waals surface area contributed by atoms with Crippen LogP contribution < -0.4 is 9.47 Å². The molecule has 25 heavy (non-hydrogen) atoms. The molecule has 0 fully saturated rings. The van der Waals surface area contributed by atoms with Gasteiger partial charge in [-0.05, 0) is 25.1 Å². The van der Waals surface area contributed by atoms with Crippen LogP contribution in [-0.4, -0.2) is 47.4 Å². The molecule has 0 spiro atoms. The second kappa shape index (κ2) is 6.47. The van der Waals surface area contributed by atoms with Gasteiger partial charge in [-0.25, -0.2) is 0 Å². The third-order valence-electron chi connectivity index (χ3n) is 3.40. The minimum absolute atomic E-state index is 0.0786. The minimum Gasteiger partial charge on any atom is -0.493 e. The molecule has 1 atom stereocenters. The summed E-state index contributed by atoms with van der Waals surface area (Å²) in [5.74, 6) is -1.97. The zero-order valence-electron chi connectivity index (χ0n) is 13.0. The summed E-state index contributed by atoms with van der Waals surface area (Å²) < 4.78 is 73.0. The predicted molar refractivity (Wildman–Crippen MR) is 74.5 cm³/mol. The highest BCUT2D eigenvalue weighted by atomic mass is 19.4. The predicted octanol–water partition coefficient (Wildman–Crippen LogP) is 2.77. The van der Waals surface area contributed by atoms with Crippen LogP contribution in [0.3, 0.4) is 0 Å². The van der Waals surface area contributed by atoms with E-state index in [0.29, 0.717) is 0 Å². The van der Waals surface area contributed by atoms with Gasteiger partial charge in [0, 0.05) is 17.7 Å². The Morgan fingerprint density at radius 2 is 2.00 bits per heavy atom. The molecule has 0 unspecified atom stereocenters. The van der Waals surface area contributed by atoms with Gasteiger partial charge in [0.1, 0.15) is 0 Å². The van der Waals surface area contributed by atoms with Crippen molar-refractivity contribution in [3.05, 3.63) is 23.8 Å². The standard InChI is InChI=1S/C14H13F5N2O4/c1-7-6-13(23,14(17,18)19)21(20-7)11(22)8-3-4-9(25-12(15)16)10(5-8)24-2/h3-5,12,23H,6H2,1-2H3/t13-/m1/s1. The summed E-state index contributed by atoms with van der Waals surface area (Å²) in [5.41, 5.74) is -3.95. The highest BCUT2D eigenvalue weighted by Gasteiger charge is 2.62. The summed E-state index contributed by atoms with van der Waals surface area (Å²) in [6, 6.07) is 2.82. The Morgan fingerprint density at radius 3 is 2.52 bits per heavy atom. The molecule has 6 nitrogen and oxygen atoms in total. The Labute approximate surface area is 138 Å². The SMILES string of the molecule is COc1cc(C(=O)N2N=C(C)C[C@@]2(O)C(F)(F)F)ccc1OC(F)F. The maximum Gasteiger partial charge on any atom is 0.438 e. The van der Waals surface area contributed by atoms with Crippen molar-refractivity contribution in [2.24, 2.45) is 5.10 Å². The van der Waals surface area contributed by atoms with E-state index in [9.17, 15) is 31.9 Å². The van der Waals surface area contributed by atoms with Crippen LogP contribution in [-0.2, 0) is 0 Å². The second-order valence-corrected chi connectivity index (χ2v) is 5.19. The molecule has 1 aromatic carbocycles. The largest absolute Gasteiger partial charge is 0.493 e. The summed E-state index contributed by atoms with van der Waals surface area (Å²) in [5, 5.41) is 13.3. The number of rotatable bonds is 4. The van der Waals surface area contributed by atoms with Gasteiger partial charge in [0.05, 0.1) is 7.11 Å². The van der Waals surface area contributed by atoms with Crippen LogP contribution in [0.15, 0.2) is 23.3 Å². The molecule has 0 radical (unpaired) electrons. The summed E-state index contributed by atoms with van der Waals surface area (Å²) in [7, 11) is 1.10. The number of methoxy groups -OCH3 is 1. The van der Waals surface area contributed by atoms with E-state index >= 15 is 0 Å². The van der Waals surface area contributed by atoms with Gasteiger partial charge < -0.3 is 14.6 Å². The molecule has 1 aliphatic heterocycles. The number of hydrogen-bond acceptors (Lipinski definition) is 5. The van der Waals surface area contributed by atoms with Crippen molar-refractivity contribution < 1.29 is 41.3 Å². The molecule has 1 heterocycles. The number of hydrogen-bond donors (Lipinski definition) is 1. The molecule has 138 valence electrons. The van der Waals surface area contributed by atoms with Gasteiger partial charge in [-0.2, -0.15) is 32.1 Å². The number of halogens is 5. The first-order chi connectivity index (χ1) is 11.5. The summed E-state index contributed by atoms with van der Waals surface area (Å²) in [6.07, 6.45) is -6.04. The Kier molecular flexibility index (Phi) is 4.89. The van der Waals surface area contributed by atoms with Crippen molar-refractivity contribution in [3.63, 3.8) is 0 Å². The summed E-state index contributed by atoms with van der Waals surface area (Å²) >= 11 is 0. The molecule has 1 aromatic rings. The van der Waals surface area contributed by atoms with Gasteiger partial charge >= 0.3 is 12.8 Å². The molecule has 1 N–H and O–H groups in total. The van der Waals surface area contributed by atoms with Gasteiger partial charge in [-0.3, -0.25) is 4.79 Å². The molecule has 0 saturated carbocycles. The number of benzene rings is 1. The van der Waals surface area contributed by atoms with Crippen molar-refractivity contribution in [1.29, 1.82) is 0 Å². The Bertz CT molecular complexity index is 707. The highest BCUT2D eigenvalue weighted by molar-refractivity contribution is 5.98. The smallest absolute Gasteiger partial charge is 0.438 e. The van der Waals surface area contributed by atoms with Crippen molar-refractivity contribution in [2.45, 2.75) is 31.9 Å². The van der Waals surface area contributed by atoms with E-state index < -0.39 is 36.6 Å². The van der Waals surface area contributed by atoms with E-state index in [1.807, 2.05) is 0 Å². The first kappa shape index (κ1) is 18.9. The number of carbonyl (C=O) groups excluding carboxylic acids is 1. The van der Waals surface area contributed by atoms with Crippen molar-refractivity contribution in [3.8, 4) is 11.5 Å². The fraction of sp³-hybridized carbons (Fsp3) is 0.429. The third kappa shape index (κ3) is 3.50. The molecule has 1 amide bonds. The van der Waals surface area contributed by atoms with Crippen LogP contribution in [0.1, 0.15) is 23.7 Å². The molecule has 0 saturated heterocycles. The lowest BCUT2D eigenvalue weighted by molar-refractivity contribution is -0.297. The van der Waals surface area contributed by atoms with E-state index in [0.717, 1.165) is 25.3 Å². The number of carbonyl (C=O) groups is 1. The molecule has 11 heteroatoms. The van der Waals surface area contributed by atoms with E-state index in [1.165, 1.54) is 6.92 Å². The second-order valence-electron chi connectivity index (χ2n) is 5.19. The fourth-order valence-electron chi connectivity index (χ4n) is 2.27. The average molecular weight is 368 g/mol. The van der Waals surface area contributed by atoms with Gasteiger partial charge in [0.25, 0.3) is 11.6 Å². The van der Waals surface area contributed by atoms with E-state index in [1.54, 1.807) is 0 Å². The molecular formula is C14H13F5N2O4. The average Bonchev–Trinajstić information content (AvgIpc) is 2.82. The van der Waals surface area contributed by atoms with Crippen molar-refractivity contribution in [2.75, 3.05) is 7.11 Å². The molecule has 0 aliphatic carbocycles. The lowest BCUT2D eigenvalue weighted by Gasteiger charge is -2.32. The lowest BCUT2D eigenvalue weighted by atomic mass is 10.1. The van der Waals surface area contributed by atoms with Crippen molar-refractivity contribution >= 4 is 11.6 Å². The topological polar surface area (TPSA) is 71.4 Å². The van der Waals surface area contributed by atoms with Crippen LogP contribution in [0.4, 0.5) is 22.0 Å². The highest BCUT2D eigenvalue weighted by Crippen LogP contribution is 2.41. The Balaban J connectivity index is 2.39. The summed E-state index contributed by atoms with van der Waals surface area (Å²) in [6.45, 7) is -1.93. The van der Waals surface area contributed by atoms with Crippen LogP contribution in [0, 0.1) is 0 Å². The number of nitrogens with zero attached hydrogens (tertiary/aromatic N) is 2. The molecule has 0 bridgehead atoms. The number of aliphatic hydroxyl groups is 1. The molecular weight excluding hydrogens is 355 g/mol. The fourth-order valence-corrected chi connectivity index (χ4v) is 2.27. The first-order valence-corrected chi connectivity index (χ1v) is 6.80. The normalized spacial score (nSPS) is 20.7. The first-order valence-electron chi connectivity index (χ1n) is 6.80. The Morgan fingerprint density at radius 1 is 1.36 bits per heavy atom.